The molecule has 0 spiro atoms. The summed E-state index contributed by atoms with van der Waals surface area (Å²) >= 11 is 0. The van der Waals surface area contributed by atoms with E-state index in [9.17, 15) is 17.6 Å². The molecule has 0 saturated carbocycles. The largest absolute Gasteiger partial charge is 0.493 e. The van der Waals surface area contributed by atoms with Crippen molar-refractivity contribution in [2.45, 2.75) is 25.9 Å². The minimum absolute atomic E-state index is 0.0532. The number of hydrogen-bond donors (Lipinski definition) is 1. The van der Waals surface area contributed by atoms with Gasteiger partial charge in [-0.2, -0.15) is 13.2 Å². The second-order valence-electron chi connectivity index (χ2n) is 3.89. The van der Waals surface area contributed by atoms with Gasteiger partial charge in [-0.3, -0.25) is 0 Å². The van der Waals surface area contributed by atoms with Gasteiger partial charge in [0.05, 0.1) is 12.3 Å². The lowest BCUT2D eigenvalue weighted by molar-refractivity contribution is -0.136. The molecule has 1 aromatic carbocycles. The van der Waals surface area contributed by atoms with Crippen LogP contribution in [-0.2, 0) is 0 Å². The van der Waals surface area contributed by atoms with Crippen molar-refractivity contribution in [2.75, 3.05) is 6.61 Å². The van der Waals surface area contributed by atoms with E-state index < -0.39 is 18.4 Å². The molecule has 7 heteroatoms. The molecule has 1 N–H and O–H groups in total. The molecule has 0 bridgehead atoms. The zero-order valence-electron chi connectivity index (χ0n) is 10.2. The molecule has 0 saturated heterocycles. The maximum absolute atomic E-state index is 13.1. The number of ether oxygens (including phenoxy) is 1. The normalized spacial score (nSPS) is 12.6. The molecular formula is C12H13F4NO2. The van der Waals surface area contributed by atoms with Crippen LogP contribution in [0.4, 0.5) is 17.6 Å². The fraction of sp³-hybridized carbons (Fsp3) is 0.417. The Kier molecular flexibility index (Phi) is 5.14. The molecule has 0 aromatic heterocycles. The molecule has 3 nitrogen and oxygen atoms in total. The van der Waals surface area contributed by atoms with Crippen LogP contribution in [0.3, 0.4) is 0 Å². The number of rotatable bonds is 5. The third-order valence-electron chi connectivity index (χ3n) is 2.35. The van der Waals surface area contributed by atoms with Crippen LogP contribution in [0.25, 0.3) is 0 Å². The van der Waals surface area contributed by atoms with Crippen molar-refractivity contribution in [3.63, 3.8) is 0 Å². The van der Waals surface area contributed by atoms with E-state index in [1.165, 1.54) is 13.0 Å². The highest BCUT2D eigenvalue weighted by atomic mass is 19.4. The first kappa shape index (κ1) is 15.3. The van der Waals surface area contributed by atoms with E-state index in [-0.39, 0.29) is 24.5 Å². The SMILES string of the molecule is C/C(=N/O)c1ccc(F)cc1OCCCC(F)(F)F. The van der Waals surface area contributed by atoms with Crippen molar-refractivity contribution >= 4 is 5.71 Å². The Morgan fingerprint density at radius 3 is 2.63 bits per heavy atom. The van der Waals surface area contributed by atoms with Gasteiger partial charge in [0.15, 0.2) is 0 Å². The molecule has 1 rings (SSSR count). The van der Waals surface area contributed by atoms with Crippen LogP contribution in [0.1, 0.15) is 25.3 Å². The first-order valence-corrected chi connectivity index (χ1v) is 5.51. The molecule has 19 heavy (non-hydrogen) atoms. The van der Waals surface area contributed by atoms with Crippen LogP contribution in [0, 0.1) is 5.82 Å². The van der Waals surface area contributed by atoms with E-state index in [1.54, 1.807) is 0 Å². The van der Waals surface area contributed by atoms with E-state index in [2.05, 4.69) is 5.16 Å². The second kappa shape index (κ2) is 6.40. The third kappa shape index (κ3) is 5.15. The number of nitrogens with zero attached hydrogens (tertiary/aromatic N) is 1. The highest BCUT2D eigenvalue weighted by Crippen LogP contribution is 2.24. The lowest BCUT2D eigenvalue weighted by atomic mass is 10.1. The van der Waals surface area contributed by atoms with Gasteiger partial charge in [0, 0.05) is 18.1 Å². The number of halogens is 4. The quantitative estimate of drug-likeness (QED) is 0.293. The topological polar surface area (TPSA) is 41.8 Å². The van der Waals surface area contributed by atoms with Gasteiger partial charge in [0.1, 0.15) is 11.6 Å². The average Bonchev–Trinajstić information content (AvgIpc) is 2.33. The van der Waals surface area contributed by atoms with Crippen LogP contribution in [0.15, 0.2) is 23.4 Å². The zero-order valence-corrected chi connectivity index (χ0v) is 10.2. The predicted octanol–water partition coefficient (Wildman–Crippen LogP) is 3.75. The van der Waals surface area contributed by atoms with Gasteiger partial charge in [-0.1, -0.05) is 5.16 Å². The molecule has 106 valence electrons. The van der Waals surface area contributed by atoms with Crippen molar-refractivity contribution in [3.05, 3.63) is 29.6 Å². The third-order valence-corrected chi connectivity index (χ3v) is 2.35. The first-order valence-electron chi connectivity index (χ1n) is 5.51. The monoisotopic (exact) mass is 279 g/mol. The lowest BCUT2D eigenvalue weighted by Crippen LogP contribution is -2.10. The van der Waals surface area contributed by atoms with Gasteiger partial charge in [-0.15, -0.1) is 0 Å². The van der Waals surface area contributed by atoms with Crippen molar-refractivity contribution in [3.8, 4) is 5.75 Å². The maximum atomic E-state index is 13.1. The van der Waals surface area contributed by atoms with E-state index in [0.29, 0.717) is 5.56 Å². The molecule has 1 aromatic rings. The summed E-state index contributed by atoms with van der Waals surface area (Å²) in [7, 11) is 0. The molecule has 0 aliphatic rings. The Bertz CT molecular complexity index is 458. The minimum atomic E-state index is -4.24. The Labute approximate surface area is 107 Å². The summed E-state index contributed by atoms with van der Waals surface area (Å²) in [6.45, 7) is 1.27. The summed E-state index contributed by atoms with van der Waals surface area (Å²) in [6.07, 6.45) is -5.43. The lowest BCUT2D eigenvalue weighted by Gasteiger charge is -2.11. The zero-order chi connectivity index (χ0) is 14.5. The summed E-state index contributed by atoms with van der Waals surface area (Å²) in [5.74, 6) is -0.530. The fourth-order valence-electron chi connectivity index (χ4n) is 1.42. The van der Waals surface area contributed by atoms with Crippen LogP contribution in [-0.4, -0.2) is 23.7 Å². The summed E-state index contributed by atoms with van der Waals surface area (Å²) in [5.41, 5.74) is 0.515. The van der Waals surface area contributed by atoms with Crippen LogP contribution < -0.4 is 4.74 Å². The Morgan fingerprint density at radius 1 is 1.37 bits per heavy atom. The highest BCUT2D eigenvalue weighted by Gasteiger charge is 2.26. The van der Waals surface area contributed by atoms with E-state index >= 15 is 0 Å². The number of hydrogen-bond acceptors (Lipinski definition) is 3. The van der Waals surface area contributed by atoms with E-state index in [1.807, 2.05) is 0 Å². The van der Waals surface area contributed by atoms with Crippen molar-refractivity contribution in [2.24, 2.45) is 5.16 Å². The number of oxime groups is 1. The highest BCUT2D eigenvalue weighted by molar-refractivity contribution is 6.00. The maximum Gasteiger partial charge on any atom is 0.389 e. The van der Waals surface area contributed by atoms with E-state index in [4.69, 9.17) is 9.94 Å². The Balaban J connectivity index is 2.69. The standard InChI is InChI=1S/C12H13F4NO2/c1-8(17-18)10-4-3-9(13)7-11(10)19-6-2-5-12(14,15)16/h3-4,7,18H,2,5-6H2,1H3/b17-8-. The first-order chi connectivity index (χ1) is 8.83. The minimum Gasteiger partial charge on any atom is -0.493 e. The van der Waals surface area contributed by atoms with Crippen LogP contribution in [0.2, 0.25) is 0 Å². The van der Waals surface area contributed by atoms with Gasteiger partial charge in [0.25, 0.3) is 0 Å². The van der Waals surface area contributed by atoms with Crippen molar-refractivity contribution in [1.82, 2.24) is 0 Å². The molecular weight excluding hydrogens is 266 g/mol. The molecule has 0 atom stereocenters. The van der Waals surface area contributed by atoms with E-state index in [0.717, 1.165) is 12.1 Å². The predicted molar refractivity (Wildman–Crippen MR) is 61.2 cm³/mol. The van der Waals surface area contributed by atoms with Crippen LogP contribution >= 0.6 is 0 Å². The smallest absolute Gasteiger partial charge is 0.389 e. The second-order valence-corrected chi connectivity index (χ2v) is 3.89. The number of alkyl halides is 3. The fourth-order valence-corrected chi connectivity index (χ4v) is 1.42. The van der Waals surface area contributed by atoms with Crippen LogP contribution in [0.5, 0.6) is 5.75 Å². The Hall–Kier alpha value is -1.79. The van der Waals surface area contributed by atoms with Gasteiger partial charge in [-0.05, 0) is 25.5 Å². The molecule has 0 radical (unpaired) electrons. The van der Waals surface area contributed by atoms with Crippen molar-refractivity contribution < 1.29 is 27.5 Å². The van der Waals surface area contributed by atoms with Gasteiger partial charge >= 0.3 is 6.18 Å². The molecule has 0 aliphatic carbocycles. The molecule has 0 fully saturated rings. The molecule has 0 amide bonds. The average molecular weight is 279 g/mol. The van der Waals surface area contributed by atoms with Gasteiger partial charge in [-0.25, -0.2) is 4.39 Å². The molecule has 0 heterocycles. The van der Waals surface area contributed by atoms with Crippen molar-refractivity contribution in [1.29, 1.82) is 0 Å². The summed E-state index contributed by atoms with van der Waals surface area (Å²) < 4.78 is 54.0. The van der Waals surface area contributed by atoms with Gasteiger partial charge in [0.2, 0.25) is 0 Å². The summed E-state index contributed by atoms with van der Waals surface area (Å²) in [5, 5.41) is 11.6. The van der Waals surface area contributed by atoms with Gasteiger partial charge < -0.3 is 9.94 Å². The molecule has 0 unspecified atom stereocenters. The summed E-state index contributed by atoms with van der Waals surface area (Å²) in [6, 6.07) is 3.52. The summed E-state index contributed by atoms with van der Waals surface area (Å²) in [4.78, 5) is 0. The molecule has 0 aliphatic heterocycles. The Morgan fingerprint density at radius 2 is 2.05 bits per heavy atom. The number of benzene rings is 1.